The van der Waals surface area contributed by atoms with Crippen LogP contribution in [0.5, 0.6) is 0 Å². The zero-order valence-electron chi connectivity index (χ0n) is 15.3. The van der Waals surface area contributed by atoms with Crippen LogP contribution in [0.1, 0.15) is 5.56 Å². The van der Waals surface area contributed by atoms with Crippen molar-refractivity contribution in [2.75, 3.05) is 17.2 Å². The minimum absolute atomic E-state index is 0.0702. The molecule has 0 radical (unpaired) electrons. The minimum atomic E-state index is 0.0702. The smallest absolute Gasteiger partial charge is 0.237 e. The van der Waals surface area contributed by atoms with Crippen molar-refractivity contribution in [3.63, 3.8) is 0 Å². The Bertz CT molecular complexity index is 1210. The second-order valence-corrected chi connectivity index (χ2v) is 8.55. The Hall–Kier alpha value is -2.71. The third-order valence-electron chi connectivity index (χ3n) is 4.89. The van der Waals surface area contributed by atoms with Crippen LogP contribution in [-0.2, 0) is 11.2 Å². The lowest BCUT2D eigenvalue weighted by atomic mass is 10.1. The molecule has 2 aromatic heterocycles. The van der Waals surface area contributed by atoms with Gasteiger partial charge in [0, 0.05) is 22.3 Å². The first-order chi connectivity index (χ1) is 14.2. The first-order valence-electron chi connectivity index (χ1n) is 9.18. The molecule has 29 heavy (non-hydrogen) atoms. The summed E-state index contributed by atoms with van der Waals surface area (Å²) in [4.78, 5) is 14.6. The number of benzene rings is 2. The highest BCUT2D eigenvalue weighted by Crippen LogP contribution is 2.29. The van der Waals surface area contributed by atoms with Gasteiger partial charge in [-0.1, -0.05) is 58.0 Å². The van der Waals surface area contributed by atoms with Gasteiger partial charge in [-0.3, -0.25) is 4.79 Å². The molecular weight excluding hydrogens is 450 g/mol. The number of carbonyl (C=O) groups excluding carboxylic acids is 1. The maximum absolute atomic E-state index is 12.8. The van der Waals surface area contributed by atoms with E-state index < -0.39 is 0 Å². The molecule has 144 valence electrons. The summed E-state index contributed by atoms with van der Waals surface area (Å²) in [5.41, 5.74) is 4.72. The van der Waals surface area contributed by atoms with Crippen molar-refractivity contribution in [3.8, 4) is 11.3 Å². The summed E-state index contributed by atoms with van der Waals surface area (Å²) >= 11 is 4.81. The number of amides is 1. The molecule has 0 atom stereocenters. The molecule has 0 N–H and O–H groups in total. The Morgan fingerprint density at radius 3 is 2.72 bits per heavy atom. The molecular formula is C21H16BrN5OS. The van der Waals surface area contributed by atoms with E-state index in [1.165, 1.54) is 17.3 Å². The van der Waals surface area contributed by atoms with Gasteiger partial charge in [0.15, 0.2) is 5.65 Å². The molecule has 6 nitrogen and oxygen atoms in total. The Morgan fingerprint density at radius 1 is 1.03 bits per heavy atom. The van der Waals surface area contributed by atoms with Gasteiger partial charge in [-0.05, 0) is 42.3 Å². The normalized spacial score (nSPS) is 13.1. The number of para-hydroxylation sites is 1. The molecule has 0 aliphatic carbocycles. The van der Waals surface area contributed by atoms with Crippen LogP contribution in [0.25, 0.3) is 16.9 Å². The van der Waals surface area contributed by atoms with E-state index >= 15 is 0 Å². The number of aromatic nitrogens is 4. The topological polar surface area (TPSA) is 63.4 Å². The van der Waals surface area contributed by atoms with E-state index in [4.69, 9.17) is 0 Å². The largest absolute Gasteiger partial charge is 0.311 e. The van der Waals surface area contributed by atoms with Crippen LogP contribution in [0.3, 0.4) is 0 Å². The van der Waals surface area contributed by atoms with Crippen LogP contribution >= 0.6 is 27.7 Å². The zero-order chi connectivity index (χ0) is 19.8. The van der Waals surface area contributed by atoms with Gasteiger partial charge in [0.25, 0.3) is 0 Å². The number of halogens is 1. The fourth-order valence-corrected chi connectivity index (χ4v) is 4.46. The van der Waals surface area contributed by atoms with E-state index in [0.29, 0.717) is 16.6 Å². The van der Waals surface area contributed by atoms with Crippen LogP contribution in [0.15, 0.2) is 70.3 Å². The predicted molar refractivity (Wildman–Crippen MR) is 117 cm³/mol. The van der Waals surface area contributed by atoms with E-state index in [1.54, 1.807) is 4.52 Å². The number of anilines is 1. The minimum Gasteiger partial charge on any atom is -0.311 e. The van der Waals surface area contributed by atoms with Crippen LogP contribution in [0.2, 0.25) is 0 Å². The summed E-state index contributed by atoms with van der Waals surface area (Å²) in [6.45, 7) is 0.727. The van der Waals surface area contributed by atoms with E-state index in [-0.39, 0.29) is 5.91 Å². The van der Waals surface area contributed by atoms with Gasteiger partial charge in [-0.25, -0.2) is 0 Å². The molecule has 0 saturated heterocycles. The standard InChI is InChI=1S/C21H16BrN5OS/c22-16-7-5-14(6-8-16)17-9-10-19-23-24-21(27(19)25-17)29-13-20(28)26-12-11-15-3-1-2-4-18(15)26/h1-10H,11-13H2. The van der Waals surface area contributed by atoms with Crippen molar-refractivity contribution in [2.45, 2.75) is 11.6 Å². The molecule has 1 amide bonds. The van der Waals surface area contributed by atoms with Gasteiger partial charge in [-0.2, -0.15) is 9.61 Å². The number of thioether (sulfide) groups is 1. The summed E-state index contributed by atoms with van der Waals surface area (Å²) in [7, 11) is 0. The maximum atomic E-state index is 12.8. The lowest BCUT2D eigenvalue weighted by Gasteiger charge is -2.16. The number of carbonyl (C=O) groups is 1. The fourth-order valence-electron chi connectivity index (χ4n) is 3.44. The maximum Gasteiger partial charge on any atom is 0.237 e. The van der Waals surface area contributed by atoms with Gasteiger partial charge in [-0.15, -0.1) is 10.2 Å². The molecule has 3 heterocycles. The van der Waals surface area contributed by atoms with Crippen LogP contribution in [0, 0.1) is 0 Å². The number of fused-ring (bicyclic) bond motifs is 2. The van der Waals surface area contributed by atoms with Gasteiger partial charge in [0.1, 0.15) is 0 Å². The highest BCUT2D eigenvalue weighted by molar-refractivity contribution is 9.10. The third-order valence-corrected chi connectivity index (χ3v) is 6.32. The summed E-state index contributed by atoms with van der Waals surface area (Å²) < 4.78 is 2.72. The fraction of sp³-hybridized carbons (Fsp3) is 0.143. The van der Waals surface area contributed by atoms with Crippen molar-refractivity contribution in [2.24, 2.45) is 0 Å². The Balaban J connectivity index is 1.36. The molecule has 5 rings (SSSR count). The summed E-state index contributed by atoms with van der Waals surface area (Å²) in [5, 5.41) is 13.7. The lowest BCUT2D eigenvalue weighted by molar-refractivity contribution is -0.116. The first kappa shape index (κ1) is 18.3. The highest BCUT2D eigenvalue weighted by atomic mass is 79.9. The van der Waals surface area contributed by atoms with E-state index in [1.807, 2.05) is 59.5 Å². The summed E-state index contributed by atoms with van der Waals surface area (Å²) in [5.74, 6) is 0.361. The molecule has 8 heteroatoms. The van der Waals surface area contributed by atoms with Crippen molar-refractivity contribution >= 4 is 44.9 Å². The second-order valence-electron chi connectivity index (χ2n) is 6.69. The van der Waals surface area contributed by atoms with Gasteiger partial charge < -0.3 is 4.90 Å². The Morgan fingerprint density at radius 2 is 1.86 bits per heavy atom. The highest BCUT2D eigenvalue weighted by Gasteiger charge is 2.24. The van der Waals surface area contributed by atoms with Crippen molar-refractivity contribution in [1.29, 1.82) is 0 Å². The average Bonchev–Trinajstić information content (AvgIpc) is 3.36. The van der Waals surface area contributed by atoms with Crippen LogP contribution in [0.4, 0.5) is 5.69 Å². The first-order valence-corrected chi connectivity index (χ1v) is 11.0. The molecule has 1 aliphatic rings. The number of nitrogens with zero attached hydrogens (tertiary/aromatic N) is 5. The third kappa shape index (κ3) is 3.54. The molecule has 2 aromatic carbocycles. The van der Waals surface area contributed by atoms with E-state index in [0.717, 1.165) is 34.4 Å². The van der Waals surface area contributed by atoms with Crippen molar-refractivity contribution in [1.82, 2.24) is 19.8 Å². The molecule has 0 spiro atoms. The predicted octanol–water partition coefficient (Wildman–Crippen LogP) is 4.24. The lowest BCUT2D eigenvalue weighted by Crippen LogP contribution is -2.30. The average molecular weight is 466 g/mol. The Kier molecular flexibility index (Phi) is 4.81. The van der Waals surface area contributed by atoms with Crippen molar-refractivity contribution in [3.05, 3.63) is 70.7 Å². The van der Waals surface area contributed by atoms with E-state index in [2.05, 4.69) is 37.3 Å². The molecule has 0 saturated carbocycles. The summed E-state index contributed by atoms with van der Waals surface area (Å²) in [6, 6.07) is 19.8. The van der Waals surface area contributed by atoms with Gasteiger partial charge in [0.2, 0.25) is 11.1 Å². The van der Waals surface area contributed by atoms with Crippen LogP contribution < -0.4 is 4.90 Å². The quantitative estimate of drug-likeness (QED) is 0.421. The SMILES string of the molecule is O=C(CSc1nnc2ccc(-c3ccc(Br)cc3)nn12)N1CCc2ccccc21. The van der Waals surface area contributed by atoms with Gasteiger partial charge in [0.05, 0.1) is 11.4 Å². The zero-order valence-corrected chi connectivity index (χ0v) is 17.7. The molecule has 0 bridgehead atoms. The van der Waals surface area contributed by atoms with Crippen LogP contribution in [-0.4, -0.2) is 38.0 Å². The Labute approximate surface area is 180 Å². The van der Waals surface area contributed by atoms with Gasteiger partial charge >= 0.3 is 0 Å². The second kappa shape index (κ2) is 7.61. The number of rotatable bonds is 4. The monoisotopic (exact) mass is 465 g/mol. The number of hydrogen-bond donors (Lipinski definition) is 0. The van der Waals surface area contributed by atoms with Crippen molar-refractivity contribution < 1.29 is 4.79 Å². The number of hydrogen-bond acceptors (Lipinski definition) is 5. The summed E-state index contributed by atoms with van der Waals surface area (Å²) in [6.07, 6.45) is 0.901. The molecule has 1 aliphatic heterocycles. The molecule has 4 aromatic rings. The molecule has 0 unspecified atom stereocenters. The van der Waals surface area contributed by atoms with E-state index in [9.17, 15) is 4.79 Å². The molecule has 0 fully saturated rings.